The summed E-state index contributed by atoms with van der Waals surface area (Å²) in [7, 11) is 0. The summed E-state index contributed by atoms with van der Waals surface area (Å²) in [6.45, 7) is 1.85. The quantitative estimate of drug-likeness (QED) is 0.909. The summed E-state index contributed by atoms with van der Waals surface area (Å²) < 4.78 is 13.0. The van der Waals surface area contributed by atoms with Crippen molar-refractivity contribution >= 4 is 11.9 Å². The highest BCUT2D eigenvalue weighted by Gasteiger charge is 2.53. The molecule has 1 saturated carbocycles. The fourth-order valence-corrected chi connectivity index (χ4v) is 3.83. The highest BCUT2D eigenvalue weighted by molar-refractivity contribution is 5.65. The van der Waals surface area contributed by atoms with Crippen molar-refractivity contribution < 1.29 is 14.3 Å². The monoisotopic (exact) mass is 327 g/mol. The Morgan fingerprint density at radius 2 is 1.83 bits per heavy atom. The molecule has 2 aromatic rings. The van der Waals surface area contributed by atoms with Crippen molar-refractivity contribution in [2.75, 3.05) is 18.0 Å². The Kier molecular flexibility index (Phi) is 3.40. The van der Waals surface area contributed by atoms with E-state index in [2.05, 4.69) is 15.2 Å². The van der Waals surface area contributed by atoms with E-state index in [1.54, 1.807) is 12.1 Å². The first-order valence-corrected chi connectivity index (χ1v) is 7.99. The number of anilines is 1. The summed E-state index contributed by atoms with van der Waals surface area (Å²) in [5, 5.41) is 11.3. The van der Waals surface area contributed by atoms with Gasteiger partial charge in [-0.2, -0.15) is 0 Å². The van der Waals surface area contributed by atoms with Crippen molar-refractivity contribution in [1.29, 1.82) is 0 Å². The van der Waals surface area contributed by atoms with Crippen LogP contribution < -0.4 is 10.2 Å². The largest absolute Gasteiger partial charge is 0.465 e. The molecular weight excluding hydrogens is 309 g/mol. The molecule has 2 heterocycles. The van der Waals surface area contributed by atoms with Crippen molar-refractivity contribution in [1.82, 2.24) is 10.3 Å². The van der Waals surface area contributed by atoms with Gasteiger partial charge in [-0.15, -0.1) is 0 Å². The number of halogens is 1. The highest BCUT2D eigenvalue weighted by Crippen LogP contribution is 2.49. The van der Waals surface area contributed by atoms with Gasteiger partial charge in [0.25, 0.3) is 0 Å². The molecule has 0 bridgehead atoms. The summed E-state index contributed by atoms with van der Waals surface area (Å²) in [5.74, 6) is 0.687. The first-order valence-electron chi connectivity index (χ1n) is 7.99. The van der Waals surface area contributed by atoms with Crippen LogP contribution in [0.3, 0.4) is 0 Å². The zero-order valence-electron chi connectivity index (χ0n) is 13.1. The van der Waals surface area contributed by atoms with Gasteiger partial charge >= 0.3 is 6.09 Å². The molecule has 2 N–H and O–H groups in total. The lowest BCUT2D eigenvalue weighted by atomic mass is 9.60. The van der Waals surface area contributed by atoms with E-state index in [-0.39, 0.29) is 17.3 Å². The van der Waals surface area contributed by atoms with Gasteiger partial charge in [-0.05, 0) is 42.7 Å². The molecule has 0 radical (unpaired) electrons. The average molecular weight is 327 g/mol. The standard InChI is InChI=1S/C18H18FN3O2/c19-14-4-1-12(2-5-14)13-3-6-16(20-9-13)22-10-18(11-22)7-15(8-18)21-17(23)24/h1-6,9,15,21H,7-8,10-11H2,(H,23,24). The Bertz CT molecular complexity index is 747. The van der Waals surface area contributed by atoms with E-state index in [1.165, 1.54) is 12.1 Å². The SMILES string of the molecule is O=C(O)NC1CC2(C1)CN(c1ccc(-c3ccc(F)cc3)cn1)C2. The van der Waals surface area contributed by atoms with E-state index < -0.39 is 6.09 Å². The fourth-order valence-electron chi connectivity index (χ4n) is 3.83. The smallest absolute Gasteiger partial charge is 0.404 e. The maximum atomic E-state index is 13.0. The van der Waals surface area contributed by atoms with Gasteiger partial charge < -0.3 is 15.3 Å². The number of hydrogen-bond donors (Lipinski definition) is 2. The number of carboxylic acid groups (broad SMARTS) is 1. The molecule has 24 heavy (non-hydrogen) atoms. The van der Waals surface area contributed by atoms with Crippen LogP contribution in [0.1, 0.15) is 12.8 Å². The van der Waals surface area contributed by atoms with Gasteiger partial charge in [0.1, 0.15) is 11.6 Å². The van der Waals surface area contributed by atoms with Crippen molar-refractivity contribution in [2.24, 2.45) is 5.41 Å². The number of benzene rings is 1. The predicted molar refractivity (Wildman–Crippen MR) is 88.5 cm³/mol. The van der Waals surface area contributed by atoms with Crippen molar-refractivity contribution in [3.05, 3.63) is 48.4 Å². The van der Waals surface area contributed by atoms with Crippen LogP contribution in [0.5, 0.6) is 0 Å². The number of carbonyl (C=O) groups is 1. The van der Waals surface area contributed by atoms with Gasteiger partial charge in [0, 0.05) is 36.3 Å². The van der Waals surface area contributed by atoms with Crippen molar-refractivity contribution in [2.45, 2.75) is 18.9 Å². The molecule has 1 aliphatic heterocycles. The third-order valence-electron chi connectivity index (χ3n) is 4.99. The van der Waals surface area contributed by atoms with Gasteiger partial charge in [-0.3, -0.25) is 0 Å². The Morgan fingerprint density at radius 3 is 2.42 bits per heavy atom. The molecule has 0 atom stereocenters. The minimum Gasteiger partial charge on any atom is -0.465 e. The number of aromatic nitrogens is 1. The van der Waals surface area contributed by atoms with Crippen LogP contribution in [0, 0.1) is 11.2 Å². The van der Waals surface area contributed by atoms with Crippen LogP contribution >= 0.6 is 0 Å². The molecule has 0 unspecified atom stereocenters. The Hall–Kier alpha value is -2.63. The maximum Gasteiger partial charge on any atom is 0.404 e. The van der Waals surface area contributed by atoms with Crippen LogP contribution in [0.4, 0.5) is 15.0 Å². The molecular formula is C18H18FN3O2. The number of nitrogens with one attached hydrogen (secondary N) is 1. The van der Waals surface area contributed by atoms with Gasteiger partial charge in [0.2, 0.25) is 0 Å². The topological polar surface area (TPSA) is 65.5 Å². The lowest BCUT2D eigenvalue weighted by molar-refractivity contribution is 0.0483. The molecule has 1 spiro atoms. The van der Waals surface area contributed by atoms with Crippen LogP contribution in [-0.2, 0) is 0 Å². The van der Waals surface area contributed by atoms with E-state index in [0.717, 1.165) is 42.9 Å². The highest BCUT2D eigenvalue weighted by atomic mass is 19.1. The molecule has 1 aromatic carbocycles. The molecule has 2 fully saturated rings. The molecule has 2 aliphatic rings. The van der Waals surface area contributed by atoms with Gasteiger partial charge in [-0.25, -0.2) is 14.2 Å². The minimum absolute atomic E-state index is 0.0958. The lowest BCUT2D eigenvalue weighted by Crippen LogP contribution is -2.66. The summed E-state index contributed by atoms with van der Waals surface area (Å²) >= 11 is 0. The second-order valence-electron chi connectivity index (χ2n) is 6.82. The van der Waals surface area contributed by atoms with Gasteiger partial charge in [0.15, 0.2) is 0 Å². The second-order valence-corrected chi connectivity index (χ2v) is 6.82. The molecule has 5 nitrogen and oxygen atoms in total. The summed E-state index contributed by atoms with van der Waals surface area (Å²) in [4.78, 5) is 17.3. The zero-order valence-corrected chi connectivity index (χ0v) is 13.1. The van der Waals surface area contributed by atoms with Crippen LogP contribution in [0.25, 0.3) is 11.1 Å². The summed E-state index contributed by atoms with van der Waals surface area (Å²) in [5.41, 5.74) is 2.16. The second kappa shape index (κ2) is 5.47. The Morgan fingerprint density at radius 1 is 1.17 bits per heavy atom. The van der Waals surface area contributed by atoms with Crippen molar-refractivity contribution in [3.8, 4) is 11.1 Å². The molecule has 124 valence electrons. The van der Waals surface area contributed by atoms with Gasteiger partial charge in [-0.1, -0.05) is 12.1 Å². The fraction of sp³-hybridized carbons (Fsp3) is 0.333. The number of nitrogens with zero attached hydrogens (tertiary/aromatic N) is 2. The predicted octanol–water partition coefficient (Wildman–Crippen LogP) is 3.12. The van der Waals surface area contributed by atoms with Crippen LogP contribution in [0.15, 0.2) is 42.6 Å². The molecule has 1 amide bonds. The number of rotatable bonds is 3. The van der Waals surface area contributed by atoms with E-state index in [0.29, 0.717) is 0 Å². The zero-order chi connectivity index (χ0) is 16.7. The van der Waals surface area contributed by atoms with Crippen molar-refractivity contribution in [3.63, 3.8) is 0 Å². The summed E-state index contributed by atoms with van der Waals surface area (Å²) in [6.07, 6.45) is 2.68. The van der Waals surface area contributed by atoms with E-state index in [4.69, 9.17) is 5.11 Å². The molecule has 1 aromatic heterocycles. The molecule has 6 heteroatoms. The third kappa shape index (κ3) is 2.68. The Balaban J connectivity index is 1.36. The van der Waals surface area contributed by atoms with Crippen LogP contribution in [0.2, 0.25) is 0 Å². The first-order chi connectivity index (χ1) is 11.5. The lowest BCUT2D eigenvalue weighted by Gasteiger charge is -2.59. The summed E-state index contributed by atoms with van der Waals surface area (Å²) in [6, 6.07) is 10.5. The van der Waals surface area contributed by atoms with E-state index in [1.807, 2.05) is 18.3 Å². The minimum atomic E-state index is -0.941. The number of amides is 1. The number of pyridine rings is 1. The number of hydrogen-bond acceptors (Lipinski definition) is 3. The molecule has 1 aliphatic carbocycles. The Labute approximate surface area is 139 Å². The van der Waals surface area contributed by atoms with Crippen LogP contribution in [-0.4, -0.2) is 35.3 Å². The average Bonchev–Trinajstić information content (AvgIpc) is 2.49. The molecule has 1 saturated heterocycles. The van der Waals surface area contributed by atoms with E-state index >= 15 is 0 Å². The third-order valence-corrected chi connectivity index (χ3v) is 4.99. The normalized spacial score (nSPS) is 18.8. The molecule has 4 rings (SSSR count). The maximum absolute atomic E-state index is 13.0. The van der Waals surface area contributed by atoms with Gasteiger partial charge in [0.05, 0.1) is 0 Å². The van der Waals surface area contributed by atoms with E-state index in [9.17, 15) is 9.18 Å². The first kappa shape index (κ1) is 14.9.